The molecule has 0 heterocycles. The Bertz CT molecular complexity index is 374. The van der Waals surface area contributed by atoms with Gasteiger partial charge in [0.2, 0.25) is 0 Å². The molecule has 1 rings (SSSR count). The van der Waals surface area contributed by atoms with Gasteiger partial charge >= 0.3 is 0 Å². The Balaban J connectivity index is 3.50. The van der Waals surface area contributed by atoms with Gasteiger partial charge in [0.25, 0.3) is 0 Å². The van der Waals surface area contributed by atoms with Crippen molar-refractivity contribution in [3.63, 3.8) is 0 Å². The average molecular weight is 188 g/mol. The van der Waals surface area contributed by atoms with Crippen LogP contribution < -0.4 is 5.73 Å². The van der Waals surface area contributed by atoms with E-state index in [0.717, 1.165) is 6.07 Å². The zero-order chi connectivity index (χ0) is 10.2. The summed E-state index contributed by atoms with van der Waals surface area (Å²) in [6.45, 7) is 1.27. The van der Waals surface area contributed by atoms with Crippen molar-refractivity contribution in [3.05, 3.63) is 34.6 Å². The number of nitrogens with one attached hydrogen (secondary N) is 1. The van der Waals surface area contributed by atoms with Gasteiger partial charge < -0.3 is 5.73 Å². The Morgan fingerprint density at radius 1 is 1.23 bits per heavy atom. The highest BCUT2D eigenvalue weighted by atomic mass is 19.2. The van der Waals surface area contributed by atoms with Gasteiger partial charge in [0.1, 0.15) is 5.84 Å². The van der Waals surface area contributed by atoms with Gasteiger partial charge in [-0.05, 0) is 18.6 Å². The molecular formula is C8H7F3N2. The topological polar surface area (TPSA) is 49.9 Å². The monoisotopic (exact) mass is 188 g/mol. The number of halogens is 3. The molecule has 0 bridgehead atoms. The number of benzene rings is 1. The second-order valence-electron chi connectivity index (χ2n) is 2.60. The summed E-state index contributed by atoms with van der Waals surface area (Å²) in [5, 5.41) is 6.89. The number of aryl methyl sites for hydroxylation is 1. The van der Waals surface area contributed by atoms with Crippen molar-refractivity contribution in [2.45, 2.75) is 6.92 Å². The van der Waals surface area contributed by atoms with Crippen LogP contribution in [-0.2, 0) is 0 Å². The molecule has 0 spiro atoms. The lowest BCUT2D eigenvalue weighted by Crippen LogP contribution is -2.15. The molecule has 2 nitrogen and oxygen atoms in total. The average Bonchev–Trinajstić information content (AvgIpc) is 2.07. The summed E-state index contributed by atoms with van der Waals surface area (Å²) in [5.74, 6) is -4.89. The van der Waals surface area contributed by atoms with Crippen LogP contribution in [0.2, 0.25) is 0 Å². The first-order valence-corrected chi connectivity index (χ1v) is 3.43. The zero-order valence-electron chi connectivity index (χ0n) is 6.79. The lowest BCUT2D eigenvalue weighted by molar-refractivity contribution is 0.442. The summed E-state index contributed by atoms with van der Waals surface area (Å²) in [4.78, 5) is 0. The van der Waals surface area contributed by atoms with E-state index in [0.29, 0.717) is 0 Å². The fraction of sp³-hybridized carbons (Fsp3) is 0.125. The number of nitrogen functional groups attached to an aromatic ring is 1. The van der Waals surface area contributed by atoms with E-state index in [2.05, 4.69) is 0 Å². The highest BCUT2D eigenvalue weighted by Gasteiger charge is 2.17. The molecule has 0 unspecified atom stereocenters. The van der Waals surface area contributed by atoms with Gasteiger partial charge in [-0.3, -0.25) is 5.41 Å². The zero-order valence-corrected chi connectivity index (χ0v) is 6.79. The first-order valence-electron chi connectivity index (χ1n) is 3.43. The number of hydrogen-bond donors (Lipinski definition) is 2. The van der Waals surface area contributed by atoms with E-state index in [9.17, 15) is 13.2 Å². The van der Waals surface area contributed by atoms with Crippen LogP contribution in [0.5, 0.6) is 0 Å². The molecule has 0 radical (unpaired) electrons. The predicted molar refractivity (Wildman–Crippen MR) is 42.1 cm³/mol. The highest BCUT2D eigenvalue weighted by Crippen LogP contribution is 2.18. The van der Waals surface area contributed by atoms with Crippen LogP contribution in [0, 0.1) is 29.8 Å². The molecule has 0 amide bonds. The van der Waals surface area contributed by atoms with Crippen LogP contribution in [0.3, 0.4) is 0 Å². The minimum atomic E-state index is -1.59. The highest BCUT2D eigenvalue weighted by molar-refractivity contribution is 5.95. The van der Waals surface area contributed by atoms with Crippen LogP contribution in [0.4, 0.5) is 13.2 Å². The Hall–Kier alpha value is -1.52. The Morgan fingerprint density at radius 2 is 1.77 bits per heavy atom. The molecule has 3 N–H and O–H groups in total. The molecule has 70 valence electrons. The van der Waals surface area contributed by atoms with Crippen molar-refractivity contribution >= 4 is 5.84 Å². The van der Waals surface area contributed by atoms with E-state index in [4.69, 9.17) is 11.1 Å². The summed E-state index contributed by atoms with van der Waals surface area (Å²) in [6, 6.07) is 0.996. The second-order valence-corrected chi connectivity index (χ2v) is 2.60. The minimum absolute atomic E-state index is 0.0795. The van der Waals surface area contributed by atoms with Crippen LogP contribution in [-0.4, -0.2) is 5.84 Å². The predicted octanol–water partition coefficient (Wildman–Crippen LogP) is 1.70. The largest absolute Gasteiger partial charge is 0.384 e. The molecule has 0 fully saturated rings. The smallest absolute Gasteiger partial charge is 0.195 e. The van der Waals surface area contributed by atoms with E-state index in [1.807, 2.05) is 0 Å². The molecule has 0 aliphatic heterocycles. The van der Waals surface area contributed by atoms with Gasteiger partial charge in [-0.1, -0.05) is 0 Å². The lowest BCUT2D eigenvalue weighted by atomic mass is 10.1. The first kappa shape index (κ1) is 9.57. The fourth-order valence-electron chi connectivity index (χ4n) is 0.927. The molecule has 0 atom stereocenters. The normalized spacial score (nSPS) is 10.2. The molecule has 0 aliphatic carbocycles. The summed E-state index contributed by atoms with van der Waals surface area (Å²) < 4.78 is 38.3. The van der Waals surface area contributed by atoms with Gasteiger partial charge in [-0.15, -0.1) is 0 Å². The Kier molecular flexibility index (Phi) is 2.27. The van der Waals surface area contributed by atoms with E-state index in [1.165, 1.54) is 6.92 Å². The minimum Gasteiger partial charge on any atom is -0.384 e. The number of nitrogens with two attached hydrogens (primary N) is 1. The second kappa shape index (κ2) is 3.08. The number of amidine groups is 1. The van der Waals surface area contributed by atoms with Gasteiger partial charge in [0.05, 0.1) is 5.56 Å². The van der Waals surface area contributed by atoms with E-state index >= 15 is 0 Å². The van der Waals surface area contributed by atoms with Crippen molar-refractivity contribution in [1.82, 2.24) is 0 Å². The summed E-state index contributed by atoms with van der Waals surface area (Å²) in [5.41, 5.74) is 4.46. The van der Waals surface area contributed by atoms with Crippen LogP contribution in [0.15, 0.2) is 6.07 Å². The van der Waals surface area contributed by atoms with Crippen molar-refractivity contribution < 1.29 is 13.2 Å². The van der Waals surface area contributed by atoms with Crippen molar-refractivity contribution in [2.24, 2.45) is 5.73 Å². The molecular weight excluding hydrogens is 181 g/mol. The summed E-state index contributed by atoms with van der Waals surface area (Å²) in [7, 11) is 0. The van der Waals surface area contributed by atoms with Crippen molar-refractivity contribution in [3.8, 4) is 0 Å². The lowest BCUT2D eigenvalue weighted by Gasteiger charge is -2.04. The van der Waals surface area contributed by atoms with Gasteiger partial charge in [0, 0.05) is 0 Å². The molecule has 1 aromatic carbocycles. The third kappa shape index (κ3) is 1.49. The maximum Gasteiger partial charge on any atom is 0.195 e. The number of rotatable bonds is 1. The maximum atomic E-state index is 12.9. The third-order valence-corrected chi connectivity index (χ3v) is 1.62. The quantitative estimate of drug-likeness (QED) is 0.393. The van der Waals surface area contributed by atoms with Crippen LogP contribution in [0.1, 0.15) is 11.1 Å². The summed E-state index contributed by atoms with van der Waals surface area (Å²) in [6.07, 6.45) is 0. The van der Waals surface area contributed by atoms with Gasteiger partial charge in [-0.2, -0.15) is 0 Å². The van der Waals surface area contributed by atoms with Gasteiger partial charge in [0.15, 0.2) is 17.5 Å². The van der Waals surface area contributed by atoms with Crippen LogP contribution in [0.25, 0.3) is 0 Å². The van der Waals surface area contributed by atoms with Crippen molar-refractivity contribution in [2.75, 3.05) is 0 Å². The molecule has 0 aromatic heterocycles. The van der Waals surface area contributed by atoms with Crippen molar-refractivity contribution in [1.29, 1.82) is 5.41 Å². The maximum absolute atomic E-state index is 12.9. The number of hydrogen-bond acceptors (Lipinski definition) is 1. The van der Waals surface area contributed by atoms with Gasteiger partial charge in [-0.25, -0.2) is 13.2 Å². The van der Waals surface area contributed by atoms with Crippen LogP contribution >= 0.6 is 0 Å². The standard InChI is InChI=1S/C8H7F3N2/c1-3-2-4(8(12)13)6(10)7(11)5(3)9/h2H,1H3,(H3,12,13). The first-order chi connectivity index (χ1) is 5.95. The molecule has 1 aromatic rings. The fourth-order valence-corrected chi connectivity index (χ4v) is 0.927. The SMILES string of the molecule is Cc1cc(C(=N)N)c(F)c(F)c1F. The molecule has 0 saturated carbocycles. The third-order valence-electron chi connectivity index (χ3n) is 1.62. The Morgan fingerprint density at radius 3 is 2.23 bits per heavy atom. The molecule has 13 heavy (non-hydrogen) atoms. The van der Waals surface area contributed by atoms with E-state index < -0.39 is 28.9 Å². The Labute approximate surface area is 72.7 Å². The molecule has 0 aliphatic rings. The van der Waals surface area contributed by atoms with E-state index in [1.54, 1.807) is 0 Å². The molecule has 5 heteroatoms. The van der Waals surface area contributed by atoms with E-state index in [-0.39, 0.29) is 5.56 Å². The molecule has 0 saturated heterocycles. The summed E-state index contributed by atoms with van der Waals surface area (Å²) >= 11 is 0.